The van der Waals surface area contributed by atoms with E-state index in [1.54, 1.807) is 7.11 Å². The number of nitrogens with one attached hydrogen (secondary N) is 1. The summed E-state index contributed by atoms with van der Waals surface area (Å²) in [5, 5.41) is 13.4. The molecule has 0 radical (unpaired) electrons. The van der Waals surface area contributed by atoms with Crippen molar-refractivity contribution in [2.75, 3.05) is 20.3 Å². The molecule has 1 saturated carbocycles. The number of hydrogen-bond acceptors (Lipinski definition) is 4. The average Bonchev–Trinajstić information content (AvgIpc) is 3.20. The van der Waals surface area contributed by atoms with E-state index in [-0.39, 0.29) is 6.61 Å². The molecule has 0 heterocycles. The summed E-state index contributed by atoms with van der Waals surface area (Å²) in [6.45, 7) is 5.35. The summed E-state index contributed by atoms with van der Waals surface area (Å²) in [5.41, 5.74) is 0.536. The highest BCUT2D eigenvalue weighted by Gasteiger charge is 2.38. The second-order valence-corrected chi connectivity index (χ2v) is 6.47. The zero-order chi connectivity index (χ0) is 15.3. The van der Waals surface area contributed by atoms with Gasteiger partial charge in [-0.2, -0.15) is 0 Å². The molecule has 1 fully saturated rings. The van der Waals surface area contributed by atoms with Gasteiger partial charge in [-0.25, -0.2) is 0 Å². The third kappa shape index (κ3) is 5.56. The van der Waals surface area contributed by atoms with Crippen molar-refractivity contribution in [3.63, 3.8) is 0 Å². The van der Waals surface area contributed by atoms with Crippen LogP contribution < -0.4 is 14.8 Å². The van der Waals surface area contributed by atoms with E-state index in [1.165, 1.54) is 19.3 Å². The smallest absolute Gasteiger partial charge is 0.123 e. The quantitative estimate of drug-likeness (QED) is 0.735. The van der Waals surface area contributed by atoms with Crippen molar-refractivity contribution >= 4 is 0 Å². The molecule has 2 atom stereocenters. The summed E-state index contributed by atoms with van der Waals surface area (Å²) in [4.78, 5) is 0. The summed E-state index contributed by atoms with van der Waals surface area (Å²) in [6, 6.07) is 7.85. The van der Waals surface area contributed by atoms with Crippen molar-refractivity contribution in [1.29, 1.82) is 0 Å². The van der Waals surface area contributed by atoms with Crippen LogP contribution in [0.4, 0.5) is 0 Å². The lowest BCUT2D eigenvalue weighted by molar-refractivity contribution is 0.103. The minimum absolute atomic E-state index is 0.282. The zero-order valence-electron chi connectivity index (χ0n) is 13.3. The van der Waals surface area contributed by atoms with Crippen LogP contribution in [0.5, 0.6) is 11.5 Å². The molecule has 0 unspecified atom stereocenters. The Bertz CT molecular complexity index is 445. The average molecular weight is 293 g/mol. The van der Waals surface area contributed by atoms with Gasteiger partial charge < -0.3 is 19.9 Å². The van der Waals surface area contributed by atoms with Crippen LogP contribution in [0.2, 0.25) is 0 Å². The van der Waals surface area contributed by atoms with Crippen LogP contribution in [0.25, 0.3) is 0 Å². The first-order valence-corrected chi connectivity index (χ1v) is 7.69. The molecular formula is C17H27NO3. The SMILES string of the molecule is COc1cccc(OC[C@@H](O)CN[C@@H](C)CC2(C)CC2)c1. The predicted molar refractivity (Wildman–Crippen MR) is 83.9 cm³/mol. The lowest BCUT2D eigenvalue weighted by Crippen LogP contribution is -2.37. The minimum atomic E-state index is -0.509. The fourth-order valence-corrected chi connectivity index (χ4v) is 2.51. The van der Waals surface area contributed by atoms with Crippen molar-refractivity contribution in [2.45, 2.75) is 45.3 Å². The molecule has 118 valence electrons. The second kappa shape index (κ2) is 7.14. The largest absolute Gasteiger partial charge is 0.497 e. The lowest BCUT2D eigenvalue weighted by atomic mass is 10.0. The monoisotopic (exact) mass is 293 g/mol. The molecular weight excluding hydrogens is 266 g/mol. The molecule has 21 heavy (non-hydrogen) atoms. The molecule has 0 bridgehead atoms. The van der Waals surface area contributed by atoms with E-state index in [9.17, 15) is 5.11 Å². The molecule has 2 rings (SSSR count). The van der Waals surface area contributed by atoms with Gasteiger partial charge in [0.05, 0.1) is 7.11 Å². The van der Waals surface area contributed by atoms with E-state index in [0.29, 0.717) is 23.8 Å². The summed E-state index contributed by atoms with van der Waals surface area (Å²) in [5.74, 6) is 1.47. The van der Waals surface area contributed by atoms with Crippen molar-refractivity contribution < 1.29 is 14.6 Å². The van der Waals surface area contributed by atoms with Crippen LogP contribution in [0.15, 0.2) is 24.3 Å². The van der Waals surface area contributed by atoms with Gasteiger partial charge in [0, 0.05) is 18.7 Å². The Kier molecular flexibility index (Phi) is 5.48. The number of ether oxygens (including phenoxy) is 2. The molecule has 0 saturated heterocycles. The van der Waals surface area contributed by atoms with Crippen molar-refractivity contribution in [2.24, 2.45) is 5.41 Å². The van der Waals surface area contributed by atoms with Crippen LogP contribution in [0.1, 0.15) is 33.1 Å². The van der Waals surface area contributed by atoms with Crippen molar-refractivity contribution in [3.05, 3.63) is 24.3 Å². The van der Waals surface area contributed by atoms with Gasteiger partial charge in [0.15, 0.2) is 0 Å². The molecule has 0 amide bonds. The molecule has 0 aromatic heterocycles. The third-order valence-corrected chi connectivity index (χ3v) is 4.09. The number of hydrogen-bond donors (Lipinski definition) is 2. The maximum Gasteiger partial charge on any atom is 0.123 e. The van der Waals surface area contributed by atoms with Crippen molar-refractivity contribution in [3.8, 4) is 11.5 Å². The Morgan fingerprint density at radius 3 is 2.71 bits per heavy atom. The zero-order valence-corrected chi connectivity index (χ0v) is 13.3. The Hall–Kier alpha value is -1.26. The van der Waals surface area contributed by atoms with E-state index >= 15 is 0 Å². The molecule has 0 spiro atoms. The van der Waals surface area contributed by atoms with Crippen LogP contribution in [-0.2, 0) is 0 Å². The number of aliphatic hydroxyl groups is 1. The topological polar surface area (TPSA) is 50.7 Å². The maximum atomic E-state index is 9.98. The van der Waals surface area contributed by atoms with Gasteiger partial charge in [0.1, 0.15) is 24.2 Å². The Morgan fingerprint density at radius 2 is 2.05 bits per heavy atom. The van der Waals surface area contributed by atoms with Gasteiger partial charge in [-0.05, 0) is 43.7 Å². The van der Waals surface area contributed by atoms with Crippen LogP contribution in [-0.4, -0.2) is 37.5 Å². The molecule has 4 nitrogen and oxygen atoms in total. The van der Waals surface area contributed by atoms with E-state index in [4.69, 9.17) is 9.47 Å². The standard InChI is InChI=1S/C17H27NO3/c1-13(10-17(2)7-8-17)18-11-14(19)12-21-16-6-4-5-15(9-16)20-3/h4-6,9,13-14,18-19H,7-8,10-12H2,1-3H3/t13-,14-/m0/s1. The number of rotatable bonds is 9. The number of benzene rings is 1. The van der Waals surface area contributed by atoms with Gasteiger partial charge in [-0.1, -0.05) is 13.0 Å². The van der Waals surface area contributed by atoms with Crippen LogP contribution >= 0.6 is 0 Å². The second-order valence-electron chi connectivity index (χ2n) is 6.47. The van der Waals surface area contributed by atoms with Gasteiger partial charge >= 0.3 is 0 Å². The Morgan fingerprint density at radius 1 is 1.33 bits per heavy atom. The van der Waals surface area contributed by atoms with E-state index in [1.807, 2.05) is 24.3 Å². The van der Waals surface area contributed by atoms with Gasteiger partial charge in [-0.15, -0.1) is 0 Å². The lowest BCUT2D eigenvalue weighted by Gasteiger charge is -2.20. The highest BCUT2D eigenvalue weighted by Crippen LogP contribution is 2.48. The van der Waals surface area contributed by atoms with E-state index in [2.05, 4.69) is 19.2 Å². The molecule has 1 aromatic carbocycles. The number of aliphatic hydroxyl groups excluding tert-OH is 1. The molecule has 1 aliphatic carbocycles. The summed E-state index contributed by atoms with van der Waals surface area (Å²) >= 11 is 0. The maximum absolute atomic E-state index is 9.98. The van der Waals surface area contributed by atoms with Crippen LogP contribution in [0.3, 0.4) is 0 Å². The van der Waals surface area contributed by atoms with E-state index < -0.39 is 6.10 Å². The van der Waals surface area contributed by atoms with Gasteiger partial charge in [0.2, 0.25) is 0 Å². The van der Waals surface area contributed by atoms with Gasteiger partial charge in [0.25, 0.3) is 0 Å². The molecule has 1 aliphatic rings. The Labute approximate surface area is 127 Å². The fraction of sp³-hybridized carbons (Fsp3) is 0.647. The van der Waals surface area contributed by atoms with Crippen LogP contribution in [0, 0.1) is 5.41 Å². The van der Waals surface area contributed by atoms with Crippen molar-refractivity contribution in [1.82, 2.24) is 5.32 Å². The normalized spacial score (nSPS) is 18.9. The first-order valence-electron chi connectivity index (χ1n) is 7.69. The minimum Gasteiger partial charge on any atom is -0.497 e. The third-order valence-electron chi connectivity index (χ3n) is 4.09. The predicted octanol–water partition coefficient (Wildman–Crippen LogP) is 2.60. The highest BCUT2D eigenvalue weighted by molar-refractivity contribution is 5.32. The summed E-state index contributed by atoms with van der Waals surface area (Å²) < 4.78 is 10.7. The molecule has 0 aliphatic heterocycles. The molecule has 2 N–H and O–H groups in total. The molecule has 1 aromatic rings. The van der Waals surface area contributed by atoms with E-state index in [0.717, 1.165) is 5.75 Å². The first-order chi connectivity index (χ1) is 10.0. The summed E-state index contributed by atoms with van der Waals surface area (Å²) in [7, 11) is 1.62. The molecule has 4 heteroatoms. The highest BCUT2D eigenvalue weighted by atomic mass is 16.5. The summed E-state index contributed by atoms with van der Waals surface area (Å²) in [6.07, 6.45) is 3.34. The number of methoxy groups -OCH3 is 1. The van der Waals surface area contributed by atoms with Gasteiger partial charge in [-0.3, -0.25) is 0 Å². The first kappa shape index (κ1) is 16.1. The Balaban J connectivity index is 1.65. The fourth-order valence-electron chi connectivity index (χ4n) is 2.51.